The Morgan fingerprint density at radius 1 is 0.625 bits per heavy atom. The molecule has 0 fully saturated rings. The summed E-state index contributed by atoms with van der Waals surface area (Å²) in [5, 5.41) is 37.6. The van der Waals surface area contributed by atoms with Crippen molar-refractivity contribution in [2.45, 2.75) is 6.04 Å². The Balaban J connectivity index is 1.70. The second kappa shape index (κ2) is 13.1. The van der Waals surface area contributed by atoms with Gasteiger partial charge in [0.25, 0.3) is 5.69 Å². The number of benzene rings is 3. The topological polar surface area (TPSA) is 188 Å². The number of rotatable bonds is 5. The van der Waals surface area contributed by atoms with Crippen molar-refractivity contribution >= 4 is 22.7 Å². The molecule has 3 aromatic carbocycles. The van der Waals surface area contributed by atoms with E-state index in [9.17, 15) is 30.3 Å². The zero-order valence-electron chi connectivity index (χ0n) is 20.9. The van der Waals surface area contributed by atoms with E-state index in [1.165, 1.54) is 0 Å². The van der Waals surface area contributed by atoms with Crippen LogP contribution in [-0.4, -0.2) is 60.5 Å². The third-order valence-corrected chi connectivity index (χ3v) is 5.58. The van der Waals surface area contributed by atoms with Gasteiger partial charge in [0.1, 0.15) is 26.4 Å². The lowest BCUT2D eigenvalue weighted by Crippen LogP contribution is -2.34. The molecule has 0 saturated carbocycles. The lowest BCUT2D eigenvalue weighted by molar-refractivity contribution is -0.401. The summed E-state index contributed by atoms with van der Waals surface area (Å²) < 4.78 is 28.9. The van der Waals surface area contributed by atoms with Crippen LogP contribution in [0.3, 0.4) is 0 Å². The van der Waals surface area contributed by atoms with Crippen molar-refractivity contribution in [1.29, 1.82) is 0 Å². The van der Waals surface area contributed by atoms with Gasteiger partial charge in [-0.25, -0.2) is 0 Å². The number of hydrogen-bond acceptors (Lipinski definition) is 12. The zero-order chi connectivity index (χ0) is 28.5. The minimum Gasteiger partial charge on any atom is -0.487 e. The molecule has 40 heavy (non-hydrogen) atoms. The van der Waals surface area contributed by atoms with Gasteiger partial charge in [-0.1, -0.05) is 24.3 Å². The van der Waals surface area contributed by atoms with Crippen molar-refractivity contribution in [3.05, 3.63) is 91.0 Å². The minimum atomic E-state index is -0.943. The second-order valence-electron chi connectivity index (χ2n) is 8.30. The highest BCUT2D eigenvalue weighted by atomic mass is 16.6. The number of nitro benzene ring substituents is 3. The molecule has 1 N–H and O–H groups in total. The van der Waals surface area contributed by atoms with Crippen LogP contribution in [-0.2, 0) is 4.74 Å². The van der Waals surface area contributed by atoms with Crippen molar-refractivity contribution in [2.24, 2.45) is 0 Å². The maximum Gasteiger partial charge on any atom is 0.306 e. The van der Waals surface area contributed by atoms with Gasteiger partial charge in [-0.3, -0.25) is 30.3 Å². The summed E-state index contributed by atoms with van der Waals surface area (Å²) in [7, 11) is 0. The van der Waals surface area contributed by atoms with E-state index in [4.69, 9.17) is 23.7 Å². The first kappa shape index (κ1) is 27.8. The maximum absolute atomic E-state index is 11.8. The van der Waals surface area contributed by atoms with E-state index in [0.29, 0.717) is 35.1 Å². The number of ether oxygens (including phenoxy) is 5. The Morgan fingerprint density at radius 2 is 1.05 bits per heavy atom. The molecular weight excluding hydrogens is 532 g/mol. The van der Waals surface area contributed by atoms with Crippen LogP contribution in [0.1, 0.15) is 0 Å². The Kier molecular flexibility index (Phi) is 9.09. The van der Waals surface area contributed by atoms with Crippen LogP contribution in [0.5, 0.6) is 23.0 Å². The molecule has 1 aliphatic heterocycles. The summed E-state index contributed by atoms with van der Waals surface area (Å²) in [6.45, 7) is 0.642. The van der Waals surface area contributed by atoms with Gasteiger partial charge < -0.3 is 29.0 Å². The highest BCUT2D eigenvalue weighted by Crippen LogP contribution is 2.39. The van der Waals surface area contributed by atoms with Crippen LogP contribution in [0.2, 0.25) is 0 Å². The van der Waals surface area contributed by atoms with Crippen molar-refractivity contribution in [2.75, 3.05) is 45.0 Å². The fourth-order valence-electron chi connectivity index (χ4n) is 3.76. The van der Waals surface area contributed by atoms with E-state index in [1.54, 1.807) is 48.5 Å². The van der Waals surface area contributed by atoms with Crippen LogP contribution >= 0.6 is 0 Å². The molecule has 0 bridgehead atoms. The number of hydrogen-bond donors (Lipinski definition) is 1. The van der Waals surface area contributed by atoms with Gasteiger partial charge in [0.15, 0.2) is 28.7 Å². The molecule has 4 rings (SSSR count). The summed E-state index contributed by atoms with van der Waals surface area (Å²) in [6.07, 6.45) is 0. The highest BCUT2D eigenvalue weighted by Gasteiger charge is 2.32. The number of non-ortho nitro benzene ring substituents is 1. The van der Waals surface area contributed by atoms with Crippen molar-refractivity contribution in [3.63, 3.8) is 0 Å². The van der Waals surface area contributed by atoms with E-state index in [-0.39, 0.29) is 39.6 Å². The van der Waals surface area contributed by atoms with E-state index >= 15 is 0 Å². The van der Waals surface area contributed by atoms with Gasteiger partial charge in [0.2, 0.25) is 0 Å². The first-order valence-electron chi connectivity index (χ1n) is 12.0. The molecule has 0 amide bonds. The molecule has 210 valence electrons. The fraction of sp³-hybridized carbons (Fsp3) is 0.280. The Labute approximate surface area is 226 Å². The van der Waals surface area contributed by atoms with Gasteiger partial charge in [-0.15, -0.1) is 0 Å². The van der Waals surface area contributed by atoms with Crippen LogP contribution in [0.15, 0.2) is 60.7 Å². The molecule has 3 aromatic rings. The predicted octanol–water partition coefficient (Wildman–Crippen LogP) is 4.14. The van der Waals surface area contributed by atoms with Gasteiger partial charge >= 0.3 is 11.4 Å². The Morgan fingerprint density at radius 3 is 1.45 bits per heavy atom. The lowest BCUT2D eigenvalue weighted by atomic mass is 10.1. The lowest BCUT2D eigenvalue weighted by Gasteiger charge is -2.22. The molecule has 0 aromatic heterocycles. The molecule has 15 heteroatoms. The van der Waals surface area contributed by atoms with Gasteiger partial charge in [0.05, 0.1) is 46.2 Å². The Bertz CT molecular complexity index is 1290. The van der Waals surface area contributed by atoms with Gasteiger partial charge in [-0.2, -0.15) is 0 Å². The number of nitro groups is 3. The van der Waals surface area contributed by atoms with Crippen LogP contribution in [0, 0.1) is 30.3 Å². The summed E-state index contributed by atoms with van der Waals surface area (Å²) in [4.78, 5) is 32.0. The molecule has 0 unspecified atom stereocenters. The third kappa shape index (κ3) is 7.02. The highest BCUT2D eigenvalue weighted by molar-refractivity contribution is 5.77. The normalized spacial score (nSPS) is 14.6. The smallest absolute Gasteiger partial charge is 0.306 e. The van der Waals surface area contributed by atoms with Crippen molar-refractivity contribution in [3.8, 4) is 23.0 Å². The Hall–Kier alpha value is -5.18. The van der Waals surface area contributed by atoms with E-state index in [1.807, 2.05) is 0 Å². The largest absolute Gasteiger partial charge is 0.487 e. The molecule has 0 spiro atoms. The number of nitrogens with zero attached hydrogens (tertiary/aromatic N) is 3. The molecule has 0 aliphatic carbocycles. The van der Waals surface area contributed by atoms with Crippen molar-refractivity contribution in [1.82, 2.24) is 0 Å². The minimum absolute atomic E-state index is 0.189. The van der Waals surface area contributed by atoms with E-state index in [2.05, 4.69) is 5.32 Å². The summed E-state index contributed by atoms with van der Waals surface area (Å²) in [5.41, 5.74) is -3.02. The predicted molar refractivity (Wildman–Crippen MR) is 139 cm³/mol. The van der Waals surface area contributed by atoms with E-state index in [0.717, 1.165) is 0 Å². The number of fused-ring (bicyclic) bond motifs is 2. The first-order chi connectivity index (χ1) is 19.3. The molecule has 0 atom stereocenters. The van der Waals surface area contributed by atoms with Crippen LogP contribution < -0.4 is 24.3 Å². The molecule has 0 radical (unpaired) electrons. The molecule has 15 nitrogen and oxygen atoms in total. The van der Waals surface area contributed by atoms with Crippen molar-refractivity contribution < 1.29 is 38.5 Å². The monoisotopic (exact) mass is 556 g/mol. The first-order valence-corrected chi connectivity index (χ1v) is 12.0. The fourth-order valence-corrected chi connectivity index (χ4v) is 3.76. The molecule has 0 saturated heterocycles. The average molecular weight is 556 g/mol. The van der Waals surface area contributed by atoms with Gasteiger partial charge in [0, 0.05) is 0 Å². The second-order valence-corrected chi connectivity index (χ2v) is 8.30. The number of para-hydroxylation sites is 4. The maximum atomic E-state index is 11.8. The number of nitrogens with one attached hydrogen (secondary N) is 1. The quantitative estimate of drug-likeness (QED) is 0.350. The van der Waals surface area contributed by atoms with E-state index < -0.39 is 43.6 Å². The summed E-state index contributed by atoms with van der Waals surface area (Å²) in [5.74, 6) is 1.51. The third-order valence-electron chi connectivity index (χ3n) is 5.58. The molecular formula is C25H24N4O11. The summed E-state index contributed by atoms with van der Waals surface area (Å²) >= 11 is 0. The molecule has 1 aliphatic rings. The number of anilines is 1. The van der Waals surface area contributed by atoms with Crippen LogP contribution in [0.4, 0.5) is 22.7 Å². The SMILES string of the molecule is O=[N+]([O-])c1cc([N+](=O)[O-])c(NC2COc3ccccc3OCCOCCOc3ccccc3OC2)c([N+](=O)[O-])c1. The van der Waals surface area contributed by atoms with Gasteiger partial charge in [-0.05, 0) is 24.3 Å². The standard InChI is InChI=1S/C25H24N4O11/c30-27(31)18-13-19(28(32)33)25(20(14-18)29(34)35)26-17-15-39-23-7-3-1-5-21(23)37-11-9-36-10-12-38-22-6-2-4-8-24(22)40-16-17/h1-8,13-14,17,26H,9-12,15-16H2. The van der Waals surface area contributed by atoms with Crippen LogP contribution in [0.25, 0.3) is 0 Å². The summed E-state index contributed by atoms with van der Waals surface area (Å²) in [6, 6.07) is 14.0. The molecule has 1 heterocycles. The zero-order valence-corrected chi connectivity index (χ0v) is 20.9. The average Bonchev–Trinajstić information content (AvgIpc) is 2.94.